The standard InChI is InChI=1S/C15H12Cl2O3S/c16-13-6-3-11(7-14(13)17)9-21(20)8-10-1-4-12(5-2-10)15(18)19/h1-7H,8-9H2,(H,18,19). The second kappa shape index (κ2) is 7.07. The molecule has 2 rings (SSSR count). The van der Waals surface area contributed by atoms with E-state index in [1.165, 1.54) is 12.1 Å². The van der Waals surface area contributed by atoms with Gasteiger partial charge in [0.1, 0.15) is 0 Å². The maximum absolute atomic E-state index is 12.1. The number of aromatic carboxylic acids is 1. The van der Waals surface area contributed by atoms with Crippen LogP contribution in [0.4, 0.5) is 0 Å². The van der Waals surface area contributed by atoms with E-state index in [9.17, 15) is 9.00 Å². The zero-order valence-corrected chi connectivity index (χ0v) is 13.2. The third-order valence-corrected chi connectivity index (χ3v) is 4.89. The fourth-order valence-electron chi connectivity index (χ4n) is 1.80. The first-order chi connectivity index (χ1) is 9.95. The highest BCUT2D eigenvalue weighted by Gasteiger charge is 2.07. The summed E-state index contributed by atoms with van der Waals surface area (Å²) in [5.74, 6) is -0.240. The highest BCUT2D eigenvalue weighted by molar-refractivity contribution is 7.83. The van der Waals surface area contributed by atoms with Gasteiger partial charge in [0.25, 0.3) is 0 Å². The summed E-state index contributed by atoms with van der Waals surface area (Å²) in [6.45, 7) is 0. The first-order valence-corrected chi connectivity index (χ1v) is 8.31. The van der Waals surface area contributed by atoms with Gasteiger partial charge in [0.15, 0.2) is 0 Å². The molecule has 3 nitrogen and oxygen atoms in total. The molecule has 1 unspecified atom stereocenters. The van der Waals surface area contributed by atoms with E-state index in [0.717, 1.165) is 11.1 Å². The van der Waals surface area contributed by atoms with Gasteiger partial charge in [-0.15, -0.1) is 0 Å². The minimum absolute atomic E-state index is 0.217. The lowest BCUT2D eigenvalue weighted by atomic mass is 10.1. The van der Waals surface area contributed by atoms with E-state index < -0.39 is 16.8 Å². The van der Waals surface area contributed by atoms with Crippen LogP contribution in [0.3, 0.4) is 0 Å². The Bertz CT molecular complexity index is 684. The van der Waals surface area contributed by atoms with Gasteiger partial charge in [-0.1, -0.05) is 41.4 Å². The van der Waals surface area contributed by atoms with Crippen LogP contribution in [0.5, 0.6) is 0 Å². The van der Waals surface area contributed by atoms with E-state index in [-0.39, 0.29) is 5.56 Å². The van der Waals surface area contributed by atoms with E-state index in [1.54, 1.807) is 30.3 Å². The molecule has 0 aromatic heterocycles. The van der Waals surface area contributed by atoms with Gasteiger partial charge in [0.2, 0.25) is 0 Å². The fraction of sp³-hybridized carbons (Fsp3) is 0.133. The van der Waals surface area contributed by atoms with E-state index in [2.05, 4.69) is 0 Å². The normalized spacial score (nSPS) is 12.1. The summed E-state index contributed by atoms with van der Waals surface area (Å²) in [5, 5.41) is 9.73. The summed E-state index contributed by atoms with van der Waals surface area (Å²) in [5.41, 5.74) is 1.90. The molecule has 2 aromatic carbocycles. The van der Waals surface area contributed by atoms with Crippen molar-refractivity contribution in [1.29, 1.82) is 0 Å². The van der Waals surface area contributed by atoms with Crippen molar-refractivity contribution >= 4 is 40.0 Å². The molecule has 0 aliphatic heterocycles. The van der Waals surface area contributed by atoms with Gasteiger partial charge >= 0.3 is 5.97 Å². The highest BCUT2D eigenvalue weighted by Crippen LogP contribution is 2.23. The molecule has 0 amide bonds. The van der Waals surface area contributed by atoms with Gasteiger partial charge in [-0.05, 0) is 35.4 Å². The van der Waals surface area contributed by atoms with Gasteiger partial charge < -0.3 is 5.11 Å². The molecule has 0 saturated heterocycles. The first-order valence-electron chi connectivity index (χ1n) is 6.07. The van der Waals surface area contributed by atoms with Crippen molar-refractivity contribution in [3.05, 3.63) is 69.2 Å². The summed E-state index contributed by atoms with van der Waals surface area (Å²) < 4.78 is 12.1. The lowest BCUT2D eigenvalue weighted by Crippen LogP contribution is -2.01. The lowest BCUT2D eigenvalue weighted by Gasteiger charge is -2.05. The van der Waals surface area contributed by atoms with Crippen molar-refractivity contribution < 1.29 is 14.1 Å². The van der Waals surface area contributed by atoms with Crippen LogP contribution >= 0.6 is 23.2 Å². The molecule has 0 heterocycles. The summed E-state index contributed by atoms with van der Waals surface area (Å²) in [6, 6.07) is 11.5. The van der Waals surface area contributed by atoms with Gasteiger partial charge in [-0.2, -0.15) is 0 Å². The van der Waals surface area contributed by atoms with E-state index >= 15 is 0 Å². The van der Waals surface area contributed by atoms with Crippen LogP contribution in [-0.2, 0) is 22.3 Å². The van der Waals surface area contributed by atoms with Crippen LogP contribution in [0.15, 0.2) is 42.5 Å². The molecule has 0 bridgehead atoms. The average Bonchev–Trinajstić information content (AvgIpc) is 2.43. The third-order valence-electron chi connectivity index (χ3n) is 2.84. The number of benzene rings is 2. The van der Waals surface area contributed by atoms with Crippen LogP contribution in [0.2, 0.25) is 10.0 Å². The van der Waals surface area contributed by atoms with Gasteiger partial charge in [-0.3, -0.25) is 4.21 Å². The number of hydrogen-bond donors (Lipinski definition) is 1. The number of hydrogen-bond acceptors (Lipinski definition) is 2. The molecule has 21 heavy (non-hydrogen) atoms. The zero-order chi connectivity index (χ0) is 15.4. The molecule has 0 fully saturated rings. The number of carboxylic acid groups (broad SMARTS) is 1. The van der Waals surface area contributed by atoms with Crippen molar-refractivity contribution in [2.75, 3.05) is 0 Å². The topological polar surface area (TPSA) is 54.4 Å². The Labute approximate surface area is 135 Å². The molecule has 0 aliphatic rings. The summed E-state index contributed by atoms with van der Waals surface area (Å²) in [7, 11) is -1.10. The number of rotatable bonds is 5. The minimum atomic E-state index is -1.10. The molecule has 0 saturated carbocycles. The quantitative estimate of drug-likeness (QED) is 0.888. The Balaban J connectivity index is 2.01. The maximum atomic E-state index is 12.1. The Hall–Kier alpha value is -1.36. The van der Waals surface area contributed by atoms with E-state index in [0.29, 0.717) is 21.6 Å². The van der Waals surface area contributed by atoms with Crippen LogP contribution in [0.1, 0.15) is 21.5 Å². The van der Waals surface area contributed by atoms with Crippen molar-refractivity contribution in [1.82, 2.24) is 0 Å². The number of carboxylic acids is 1. The molecular formula is C15H12Cl2O3S. The van der Waals surface area contributed by atoms with Crippen molar-refractivity contribution in [3.63, 3.8) is 0 Å². The first kappa shape index (κ1) is 16.0. The Kier molecular flexibility index (Phi) is 5.39. The van der Waals surface area contributed by atoms with Crippen molar-refractivity contribution in [3.8, 4) is 0 Å². The smallest absolute Gasteiger partial charge is 0.335 e. The van der Waals surface area contributed by atoms with Gasteiger partial charge in [0.05, 0.1) is 15.6 Å². The largest absolute Gasteiger partial charge is 0.478 e. The molecule has 1 atom stereocenters. The molecule has 6 heteroatoms. The third kappa shape index (κ3) is 4.56. The maximum Gasteiger partial charge on any atom is 0.335 e. The molecule has 110 valence electrons. The highest BCUT2D eigenvalue weighted by atomic mass is 35.5. The monoisotopic (exact) mass is 342 g/mol. The van der Waals surface area contributed by atoms with Gasteiger partial charge in [0, 0.05) is 22.3 Å². The number of halogens is 2. The predicted octanol–water partition coefficient (Wildman–Crippen LogP) is 4.14. The molecule has 0 radical (unpaired) electrons. The average molecular weight is 343 g/mol. The van der Waals surface area contributed by atoms with Gasteiger partial charge in [-0.25, -0.2) is 4.79 Å². The van der Waals surface area contributed by atoms with Crippen molar-refractivity contribution in [2.45, 2.75) is 11.5 Å². The van der Waals surface area contributed by atoms with Crippen LogP contribution < -0.4 is 0 Å². The predicted molar refractivity (Wildman–Crippen MR) is 85.4 cm³/mol. The van der Waals surface area contributed by atoms with E-state index in [4.69, 9.17) is 28.3 Å². The second-order valence-corrected chi connectivity index (χ2v) is 6.75. The lowest BCUT2D eigenvalue weighted by molar-refractivity contribution is 0.0697. The molecule has 0 spiro atoms. The SMILES string of the molecule is O=C(O)c1ccc(CS(=O)Cc2ccc(Cl)c(Cl)c2)cc1. The molecule has 1 N–H and O–H groups in total. The van der Waals surface area contributed by atoms with Crippen molar-refractivity contribution in [2.24, 2.45) is 0 Å². The molecule has 0 aliphatic carbocycles. The summed E-state index contributed by atoms with van der Waals surface area (Å²) in [4.78, 5) is 10.8. The molecular weight excluding hydrogens is 331 g/mol. The Morgan fingerprint density at radius 3 is 2.10 bits per heavy atom. The summed E-state index contributed by atoms with van der Waals surface area (Å²) in [6.07, 6.45) is 0. The number of carbonyl (C=O) groups is 1. The Morgan fingerprint density at radius 1 is 0.952 bits per heavy atom. The molecule has 2 aromatic rings. The van der Waals surface area contributed by atoms with Crippen LogP contribution in [-0.4, -0.2) is 15.3 Å². The van der Waals surface area contributed by atoms with Crippen LogP contribution in [0, 0.1) is 0 Å². The zero-order valence-electron chi connectivity index (χ0n) is 10.9. The second-order valence-electron chi connectivity index (χ2n) is 4.48. The summed E-state index contributed by atoms with van der Waals surface area (Å²) >= 11 is 11.7. The Morgan fingerprint density at radius 2 is 1.52 bits per heavy atom. The van der Waals surface area contributed by atoms with E-state index in [1.807, 2.05) is 0 Å². The fourth-order valence-corrected chi connectivity index (χ4v) is 3.33. The minimum Gasteiger partial charge on any atom is -0.478 e. The van der Waals surface area contributed by atoms with Crippen LogP contribution in [0.25, 0.3) is 0 Å².